The van der Waals surface area contributed by atoms with E-state index in [2.05, 4.69) is 0 Å². The average Bonchev–Trinajstić information content (AvgIpc) is 2.26. The van der Waals surface area contributed by atoms with E-state index in [1.54, 1.807) is 7.11 Å². The van der Waals surface area contributed by atoms with Crippen LogP contribution in [0.15, 0.2) is 24.3 Å². The van der Waals surface area contributed by atoms with E-state index in [1.807, 2.05) is 31.2 Å². The molecule has 1 N–H and O–H groups in total. The Balaban J connectivity index is 2.43. The molecule has 0 spiro atoms. The summed E-state index contributed by atoms with van der Waals surface area (Å²) in [5, 5.41) is 8.75. The molecule has 0 saturated carbocycles. The maximum atomic E-state index is 8.75. The number of aliphatic hydroxyl groups is 1. The number of aliphatic hydroxyl groups excluding tert-OH is 1. The molecule has 1 aromatic rings. The quantitative estimate of drug-likeness (QED) is 0.777. The third-order valence-corrected chi connectivity index (χ3v) is 1.95. The van der Waals surface area contributed by atoms with Crippen LogP contribution < -0.4 is 4.74 Å². The third kappa shape index (κ3) is 3.36. The topological polar surface area (TPSA) is 38.7 Å². The summed E-state index contributed by atoms with van der Waals surface area (Å²) < 4.78 is 10.4. The van der Waals surface area contributed by atoms with E-state index in [0.29, 0.717) is 6.61 Å². The second-order valence-electron chi connectivity index (χ2n) is 3.15. The van der Waals surface area contributed by atoms with Crippen molar-refractivity contribution in [2.45, 2.75) is 19.6 Å². The Morgan fingerprint density at radius 1 is 1.29 bits per heavy atom. The number of methoxy groups -OCH3 is 1. The highest BCUT2D eigenvalue weighted by atomic mass is 16.5. The van der Waals surface area contributed by atoms with Gasteiger partial charge >= 0.3 is 0 Å². The molecule has 1 aromatic carbocycles. The van der Waals surface area contributed by atoms with E-state index >= 15 is 0 Å². The van der Waals surface area contributed by atoms with Crippen LogP contribution in [-0.4, -0.2) is 24.9 Å². The predicted octanol–water partition coefficient (Wildman–Crippen LogP) is 1.59. The third-order valence-electron chi connectivity index (χ3n) is 1.95. The molecule has 0 fully saturated rings. The summed E-state index contributed by atoms with van der Waals surface area (Å²) in [6, 6.07) is 7.68. The zero-order valence-electron chi connectivity index (χ0n) is 8.56. The molecular formula is C11H16O3. The lowest BCUT2D eigenvalue weighted by Gasteiger charge is -2.09. The lowest BCUT2D eigenvalue weighted by Crippen LogP contribution is -2.12. The van der Waals surface area contributed by atoms with Gasteiger partial charge in [-0.05, 0) is 24.6 Å². The van der Waals surface area contributed by atoms with E-state index in [-0.39, 0.29) is 12.7 Å². The fraction of sp³-hybridized carbons (Fsp3) is 0.455. The molecule has 0 unspecified atom stereocenters. The van der Waals surface area contributed by atoms with E-state index < -0.39 is 0 Å². The van der Waals surface area contributed by atoms with E-state index in [4.69, 9.17) is 14.6 Å². The fourth-order valence-corrected chi connectivity index (χ4v) is 1.01. The van der Waals surface area contributed by atoms with Crippen molar-refractivity contribution in [1.29, 1.82) is 0 Å². The molecule has 1 rings (SSSR count). The van der Waals surface area contributed by atoms with Gasteiger partial charge in [0.25, 0.3) is 0 Å². The molecule has 3 heteroatoms. The molecule has 0 bridgehead atoms. The molecule has 0 heterocycles. The smallest absolute Gasteiger partial charge is 0.118 e. The molecule has 14 heavy (non-hydrogen) atoms. The van der Waals surface area contributed by atoms with Crippen molar-refractivity contribution in [2.75, 3.05) is 13.7 Å². The summed E-state index contributed by atoms with van der Waals surface area (Å²) in [5.74, 6) is 0.837. The molecule has 0 aliphatic carbocycles. The average molecular weight is 196 g/mol. The predicted molar refractivity (Wildman–Crippen MR) is 54.3 cm³/mol. The Hall–Kier alpha value is -1.06. The van der Waals surface area contributed by atoms with Crippen LogP contribution in [0.4, 0.5) is 0 Å². The molecule has 0 saturated heterocycles. The van der Waals surface area contributed by atoms with Crippen molar-refractivity contribution in [1.82, 2.24) is 0 Å². The molecule has 0 aliphatic heterocycles. The van der Waals surface area contributed by atoms with Crippen molar-refractivity contribution in [3.8, 4) is 5.75 Å². The Morgan fingerprint density at radius 2 is 1.93 bits per heavy atom. The van der Waals surface area contributed by atoms with Gasteiger partial charge in [0.15, 0.2) is 0 Å². The number of hydrogen-bond acceptors (Lipinski definition) is 3. The Labute approximate surface area is 84.3 Å². The van der Waals surface area contributed by atoms with Crippen molar-refractivity contribution < 1.29 is 14.6 Å². The standard InChI is InChI=1S/C11H16O3/c1-9(7-12)14-8-10-3-5-11(13-2)6-4-10/h3-6,9,12H,7-8H2,1-2H3/t9-/m0/s1. The molecule has 1 atom stereocenters. The molecule has 0 aliphatic rings. The first kappa shape index (κ1) is 11.0. The SMILES string of the molecule is COc1ccc(CO[C@@H](C)CO)cc1. The number of benzene rings is 1. The van der Waals surface area contributed by atoms with Crippen molar-refractivity contribution in [3.63, 3.8) is 0 Å². The van der Waals surface area contributed by atoms with Crippen LogP contribution in [0.2, 0.25) is 0 Å². The molecule has 0 amide bonds. The lowest BCUT2D eigenvalue weighted by atomic mass is 10.2. The summed E-state index contributed by atoms with van der Waals surface area (Å²) in [6.07, 6.45) is -0.114. The maximum Gasteiger partial charge on any atom is 0.118 e. The molecule has 0 radical (unpaired) electrons. The van der Waals surface area contributed by atoms with Gasteiger partial charge in [-0.3, -0.25) is 0 Å². The second kappa shape index (κ2) is 5.62. The van der Waals surface area contributed by atoms with Crippen LogP contribution in [0, 0.1) is 0 Å². The van der Waals surface area contributed by atoms with Gasteiger partial charge in [0.2, 0.25) is 0 Å². The number of rotatable bonds is 5. The van der Waals surface area contributed by atoms with Crippen molar-refractivity contribution in [2.24, 2.45) is 0 Å². The normalized spacial score (nSPS) is 12.5. The van der Waals surface area contributed by atoms with Crippen LogP contribution in [-0.2, 0) is 11.3 Å². The van der Waals surface area contributed by atoms with Crippen LogP contribution in [0.5, 0.6) is 5.75 Å². The van der Waals surface area contributed by atoms with Crippen molar-refractivity contribution >= 4 is 0 Å². The summed E-state index contributed by atoms with van der Waals surface area (Å²) in [5.41, 5.74) is 1.08. The molecule has 3 nitrogen and oxygen atoms in total. The largest absolute Gasteiger partial charge is 0.497 e. The number of hydrogen-bond donors (Lipinski definition) is 1. The Kier molecular flexibility index (Phi) is 4.43. The van der Waals surface area contributed by atoms with Gasteiger partial charge in [-0.1, -0.05) is 12.1 Å². The monoisotopic (exact) mass is 196 g/mol. The molecule has 0 aromatic heterocycles. The van der Waals surface area contributed by atoms with Crippen LogP contribution in [0.25, 0.3) is 0 Å². The summed E-state index contributed by atoms with van der Waals surface area (Å²) in [7, 11) is 1.64. The lowest BCUT2D eigenvalue weighted by molar-refractivity contribution is 0.0144. The van der Waals surface area contributed by atoms with Crippen LogP contribution >= 0.6 is 0 Å². The summed E-state index contributed by atoms with van der Waals surface area (Å²) in [4.78, 5) is 0. The summed E-state index contributed by atoms with van der Waals surface area (Å²) >= 11 is 0. The van der Waals surface area contributed by atoms with Crippen LogP contribution in [0.1, 0.15) is 12.5 Å². The Bertz CT molecular complexity index is 256. The second-order valence-corrected chi connectivity index (χ2v) is 3.15. The first-order valence-corrected chi connectivity index (χ1v) is 4.61. The van der Waals surface area contributed by atoms with E-state index in [0.717, 1.165) is 11.3 Å². The zero-order valence-corrected chi connectivity index (χ0v) is 8.56. The minimum Gasteiger partial charge on any atom is -0.497 e. The van der Waals surface area contributed by atoms with Gasteiger partial charge in [0.05, 0.1) is 26.4 Å². The Morgan fingerprint density at radius 3 is 2.43 bits per heavy atom. The summed E-state index contributed by atoms with van der Waals surface area (Å²) in [6.45, 7) is 2.41. The minimum absolute atomic E-state index is 0.0517. The fourth-order valence-electron chi connectivity index (χ4n) is 1.01. The minimum atomic E-state index is -0.114. The highest BCUT2D eigenvalue weighted by molar-refractivity contribution is 5.26. The highest BCUT2D eigenvalue weighted by Gasteiger charge is 2.00. The first-order valence-electron chi connectivity index (χ1n) is 4.61. The molecular weight excluding hydrogens is 180 g/mol. The van der Waals surface area contributed by atoms with E-state index in [9.17, 15) is 0 Å². The van der Waals surface area contributed by atoms with Gasteiger partial charge in [0, 0.05) is 0 Å². The van der Waals surface area contributed by atoms with Gasteiger partial charge in [0.1, 0.15) is 5.75 Å². The highest BCUT2D eigenvalue weighted by Crippen LogP contribution is 2.12. The number of ether oxygens (including phenoxy) is 2. The van der Waals surface area contributed by atoms with E-state index in [1.165, 1.54) is 0 Å². The van der Waals surface area contributed by atoms with Gasteiger partial charge in [-0.2, -0.15) is 0 Å². The van der Waals surface area contributed by atoms with Gasteiger partial charge < -0.3 is 14.6 Å². The van der Waals surface area contributed by atoms with Crippen LogP contribution in [0.3, 0.4) is 0 Å². The van der Waals surface area contributed by atoms with Gasteiger partial charge in [-0.25, -0.2) is 0 Å². The molecule has 78 valence electrons. The van der Waals surface area contributed by atoms with Crippen molar-refractivity contribution in [3.05, 3.63) is 29.8 Å². The first-order chi connectivity index (χ1) is 6.76. The maximum absolute atomic E-state index is 8.75. The van der Waals surface area contributed by atoms with Gasteiger partial charge in [-0.15, -0.1) is 0 Å². The zero-order chi connectivity index (χ0) is 10.4.